The van der Waals surface area contributed by atoms with Crippen molar-refractivity contribution in [3.8, 4) is 0 Å². The third-order valence-corrected chi connectivity index (χ3v) is 4.74. The van der Waals surface area contributed by atoms with Crippen LogP contribution in [-0.2, 0) is 4.79 Å². The van der Waals surface area contributed by atoms with E-state index in [-0.39, 0.29) is 12.5 Å². The van der Waals surface area contributed by atoms with Gasteiger partial charge in [-0.1, -0.05) is 24.9 Å². The number of piperidine rings is 1. The van der Waals surface area contributed by atoms with Gasteiger partial charge in [0.25, 0.3) is 0 Å². The molecule has 1 aliphatic heterocycles. The molecule has 0 bridgehead atoms. The second-order valence-corrected chi connectivity index (χ2v) is 6.11. The van der Waals surface area contributed by atoms with Crippen LogP contribution in [-0.4, -0.2) is 45.3 Å². The normalized spacial score (nSPS) is 25.3. The van der Waals surface area contributed by atoms with E-state index in [4.69, 9.17) is 17.3 Å². The molecular weight excluding hydrogens is 308 g/mol. The zero-order valence-corrected chi connectivity index (χ0v) is 13.5. The number of anilines is 2. The number of carbonyl (C=O) groups is 1. The predicted molar refractivity (Wildman–Crippen MR) is 84.0 cm³/mol. The summed E-state index contributed by atoms with van der Waals surface area (Å²) in [6, 6.07) is 0. The average Bonchev–Trinajstić information content (AvgIpc) is 2.45. The number of hydrogen-bond acceptors (Lipinski definition) is 6. The molecule has 0 radical (unpaired) electrons. The Morgan fingerprint density at radius 2 is 2.23 bits per heavy atom. The van der Waals surface area contributed by atoms with Gasteiger partial charge in [-0.3, -0.25) is 4.79 Å². The molecule has 1 aromatic heterocycles. The number of aliphatic hydroxyl groups is 1. The zero-order valence-electron chi connectivity index (χ0n) is 12.7. The fourth-order valence-electron chi connectivity index (χ4n) is 3.04. The highest BCUT2D eigenvalue weighted by molar-refractivity contribution is 6.33. The second-order valence-electron chi connectivity index (χ2n) is 5.73. The van der Waals surface area contributed by atoms with E-state index in [1.807, 2.05) is 6.92 Å². The number of aromatic nitrogens is 2. The fourth-order valence-corrected chi connectivity index (χ4v) is 3.24. The standard InChI is InChI=1S/C14H21ClN4O3/c1-3-4-14(12(21)22)5-6-19(7-9(14)20)11-10(15)8(2)17-13(16)18-11/h9,20H,3-7H2,1-2H3,(H,21,22)(H2,16,17,18)/t9-,14-/m0/s1. The van der Waals surface area contributed by atoms with E-state index in [2.05, 4.69) is 9.97 Å². The van der Waals surface area contributed by atoms with E-state index < -0.39 is 17.5 Å². The molecule has 2 rings (SSSR count). The summed E-state index contributed by atoms with van der Waals surface area (Å²) in [5, 5.41) is 20.4. The van der Waals surface area contributed by atoms with Crippen LogP contribution in [0.25, 0.3) is 0 Å². The molecule has 0 aromatic carbocycles. The Hall–Kier alpha value is -1.60. The third-order valence-electron chi connectivity index (χ3n) is 4.30. The van der Waals surface area contributed by atoms with Gasteiger partial charge in [0.05, 0.1) is 17.2 Å². The Kier molecular flexibility index (Phi) is 4.77. The van der Waals surface area contributed by atoms with Gasteiger partial charge in [-0.15, -0.1) is 0 Å². The highest BCUT2D eigenvalue weighted by Gasteiger charge is 2.48. The largest absolute Gasteiger partial charge is 0.481 e. The molecule has 0 amide bonds. The third kappa shape index (κ3) is 2.83. The van der Waals surface area contributed by atoms with Crippen LogP contribution in [0.4, 0.5) is 11.8 Å². The van der Waals surface area contributed by atoms with E-state index in [0.717, 1.165) is 0 Å². The molecule has 1 fully saturated rings. The van der Waals surface area contributed by atoms with Gasteiger partial charge in [-0.05, 0) is 19.8 Å². The molecule has 22 heavy (non-hydrogen) atoms. The van der Waals surface area contributed by atoms with Crippen molar-refractivity contribution in [1.82, 2.24) is 9.97 Å². The molecule has 0 spiro atoms. The minimum absolute atomic E-state index is 0.106. The highest BCUT2D eigenvalue weighted by Crippen LogP contribution is 2.39. The van der Waals surface area contributed by atoms with Crippen LogP contribution in [0.5, 0.6) is 0 Å². The van der Waals surface area contributed by atoms with Crippen molar-refractivity contribution in [3.63, 3.8) is 0 Å². The maximum atomic E-state index is 11.6. The number of nitrogen functional groups attached to an aromatic ring is 1. The van der Waals surface area contributed by atoms with Crippen LogP contribution >= 0.6 is 11.6 Å². The summed E-state index contributed by atoms with van der Waals surface area (Å²) in [5.74, 6) is -0.401. The van der Waals surface area contributed by atoms with Crippen molar-refractivity contribution in [2.45, 2.75) is 39.2 Å². The number of aliphatic carboxylic acids is 1. The number of carboxylic acids is 1. The van der Waals surface area contributed by atoms with Crippen LogP contribution in [0.2, 0.25) is 5.02 Å². The van der Waals surface area contributed by atoms with Gasteiger partial charge in [0.2, 0.25) is 5.95 Å². The van der Waals surface area contributed by atoms with E-state index in [9.17, 15) is 15.0 Å². The summed E-state index contributed by atoms with van der Waals surface area (Å²) in [6.07, 6.45) is 0.474. The number of halogens is 1. The van der Waals surface area contributed by atoms with Crippen molar-refractivity contribution in [2.24, 2.45) is 5.41 Å². The molecule has 0 unspecified atom stereocenters. The highest BCUT2D eigenvalue weighted by atomic mass is 35.5. The van der Waals surface area contributed by atoms with E-state index in [1.165, 1.54) is 0 Å². The van der Waals surface area contributed by atoms with Gasteiger partial charge in [0, 0.05) is 13.1 Å². The maximum absolute atomic E-state index is 11.6. The second kappa shape index (κ2) is 6.26. The van der Waals surface area contributed by atoms with E-state index in [0.29, 0.717) is 42.3 Å². The smallest absolute Gasteiger partial charge is 0.312 e. The number of nitrogens with two attached hydrogens (primary N) is 1. The first kappa shape index (κ1) is 16.8. The molecular formula is C14H21ClN4O3. The Morgan fingerprint density at radius 1 is 1.55 bits per heavy atom. The van der Waals surface area contributed by atoms with Crippen molar-refractivity contribution in [1.29, 1.82) is 0 Å². The van der Waals surface area contributed by atoms with Gasteiger partial charge in [0.1, 0.15) is 5.02 Å². The van der Waals surface area contributed by atoms with Crippen LogP contribution in [0.3, 0.4) is 0 Å². The van der Waals surface area contributed by atoms with Crippen LogP contribution < -0.4 is 10.6 Å². The lowest BCUT2D eigenvalue weighted by Gasteiger charge is -2.43. The minimum atomic E-state index is -1.11. The van der Waals surface area contributed by atoms with Gasteiger partial charge in [-0.2, -0.15) is 4.98 Å². The van der Waals surface area contributed by atoms with Gasteiger partial charge in [-0.25, -0.2) is 4.98 Å². The molecule has 0 aliphatic carbocycles. The molecule has 2 heterocycles. The number of hydrogen-bond donors (Lipinski definition) is 3. The molecule has 4 N–H and O–H groups in total. The fraction of sp³-hybridized carbons (Fsp3) is 0.643. The maximum Gasteiger partial charge on any atom is 0.312 e. The predicted octanol–water partition coefficient (Wildman–Crippen LogP) is 1.46. The zero-order chi connectivity index (χ0) is 16.5. The molecule has 1 aromatic rings. The van der Waals surface area contributed by atoms with Gasteiger partial charge >= 0.3 is 5.97 Å². The topological polar surface area (TPSA) is 113 Å². The number of aryl methyl sites for hydroxylation is 1. The Balaban J connectivity index is 2.28. The lowest BCUT2D eigenvalue weighted by Crippen LogP contribution is -2.55. The Morgan fingerprint density at radius 3 is 2.77 bits per heavy atom. The molecule has 7 nitrogen and oxygen atoms in total. The lowest BCUT2D eigenvalue weighted by atomic mass is 9.73. The van der Waals surface area contributed by atoms with Gasteiger partial charge in [0.15, 0.2) is 5.82 Å². The molecule has 122 valence electrons. The van der Waals surface area contributed by atoms with Crippen molar-refractivity contribution < 1.29 is 15.0 Å². The van der Waals surface area contributed by atoms with Crippen molar-refractivity contribution >= 4 is 29.3 Å². The first-order valence-electron chi connectivity index (χ1n) is 7.28. The van der Waals surface area contributed by atoms with E-state index in [1.54, 1.807) is 11.8 Å². The van der Waals surface area contributed by atoms with Crippen molar-refractivity contribution in [2.75, 3.05) is 23.7 Å². The van der Waals surface area contributed by atoms with Crippen LogP contribution in [0, 0.1) is 12.3 Å². The number of nitrogens with zero attached hydrogens (tertiary/aromatic N) is 3. The van der Waals surface area contributed by atoms with E-state index >= 15 is 0 Å². The molecule has 2 atom stereocenters. The quantitative estimate of drug-likeness (QED) is 0.767. The summed E-state index contributed by atoms with van der Waals surface area (Å²) in [4.78, 5) is 21.5. The molecule has 8 heteroatoms. The van der Waals surface area contributed by atoms with Crippen molar-refractivity contribution in [3.05, 3.63) is 10.7 Å². The number of carboxylic acid groups (broad SMARTS) is 1. The SMILES string of the molecule is CCC[C@]1(C(=O)O)CCN(c2nc(N)nc(C)c2Cl)C[C@@H]1O. The Bertz CT molecular complexity index is 583. The summed E-state index contributed by atoms with van der Waals surface area (Å²) >= 11 is 6.22. The minimum Gasteiger partial charge on any atom is -0.481 e. The molecule has 1 aliphatic rings. The molecule has 1 saturated heterocycles. The first-order chi connectivity index (χ1) is 10.3. The van der Waals surface area contributed by atoms with Crippen LogP contribution in [0.1, 0.15) is 31.9 Å². The van der Waals surface area contributed by atoms with Crippen LogP contribution in [0.15, 0.2) is 0 Å². The number of rotatable bonds is 4. The molecule has 0 saturated carbocycles. The summed E-state index contributed by atoms with van der Waals surface area (Å²) in [6.45, 7) is 4.24. The average molecular weight is 329 g/mol. The number of β-amino-alcohol motifs (C(OH)–C–C–N with tert-alkyl or cyclic N) is 1. The lowest BCUT2D eigenvalue weighted by molar-refractivity contribution is -0.159. The first-order valence-corrected chi connectivity index (χ1v) is 7.65. The summed E-state index contributed by atoms with van der Waals surface area (Å²) < 4.78 is 0. The summed E-state index contributed by atoms with van der Waals surface area (Å²) in [7, 11) is 0. The summed E-state index contributed by atoms with van der Waals surface area (Å²) in [5.41, 5.74) is 5.11. The Labute approximate surface area is 134 Å². The number of aliphatic hydroxyl groups excluding tert-OH is 1. The monoisotopic (exact) mass is 328 g/mol. The van der Waals surface area contributed by atoms with Gasteiger partial charge < -0.3 is 20.8 Å².